The van der Waals surface area contributed by atoms with E-state index in [0.717, 1.165) is 24.2 Å². The lowest BCUT2D eigenvalue weighted by molar-refractivity contribution is 0.833. The summed E-state index contributed by atoms with van der Waals surface area (Å²) in [5.74, 6) is 1.67. The Bertz CT molecular complexity index is 262. The molecule has 0 radical (unpaired) electrons. The van der Waals surface area contributed by atoms with Crippen LogP contribution in [-0.2, 0) is 12.3 Å². The molecule has 0 spiro atoms. The molecule has 0 atom stereocenters. The molecule has 0 unspecified atom stereocenters. The summed E-state index contributed by atoms with van der Waals surface area (Å²) >= 11 is 5.60. The summed E-state index contributed by atoms with van der Waals surface area (Å²) in [6.07, 6.45) is 3.59. The highest BCUT2D eigenvalue weighted by Gasteiger charge is 2.01. The van der Waals surface area contributed by atoms with E-state index in [1.165, 1.54) is 0 Å². The molecule has 0 aromatic carbocycles. The Balaban J connectivity index is 2.86. The minimum atomic E-state index is 0.373. The molecule has 0 bridgehead atoms. The molecular formula is C8H12ClN3. The van der Waals surface area contributed by atoms with Gasteiger partial charge in [-0.25, -0.2) is 9.97 Å². The molecule has 12 heavy (non-hydrogen) atoms. The van der Waals surface area contributed by atoms with Gasteiger partial charge >= 0.3 is 0 Å². The maximum absolute atomic E-state index is 5.63. The normalized spacial score (nSPS) is 10.2. The summed E-state index contributed by atoms with van der Waals surface area (Å²) in [6.45, 7) is 2.08. The number of hydrogen-bond acceptors (Lipinski definition) is 3. The smallest absolute Gasteiger partial charge is 0.131 e. The molecule has 0 aliphatic rings. The lowest BCUT2D eigenvalue weighted by atomic mass is 10.3. The van der Waals surface area contributed by atoms with Crippen LogP contribution in [0, 0.1) is 0 Å². The summed E-state index contributed by atoms with van der Waals surface area (Å²) in [7, 11) is 0. The molecule has 2 N–H and O–H groups in total. The first kappa shape index (κ1) is 9.26. The Kier molecular flexibility index (Phi) is 3.29. The van der Waals surface area contributed by atoms with Gasteiger partial charge in [0, 0.05) is 18.2 Å². The van der Waals surface area contributed by atoms with Crippen LogP contribution in [-0.4, -0.2) is 9.97 Å². The number of aromatic nitrogens is 2. The predicted molar refractivity (Wildman–Crippen MR) is 50.0 cm³/mol. The van der Waals surface area contributed by atoms with Crippen molar-refractivity contribution in [1.29, 1.82) is 0 Å². The van der Waals surface area contributed by atoms with Gasteiger partial charge in [0.25, 0.3) is 0 Å². The van der Waals surface area contributed by atoms with E-state index in [0.29, 0.717) is 11.7 Å². The van der Waals surface area contributed by atoms with Crippen molar-refractivity contribution in [3.63, 3.8) is 0 Å². The summed E-state index contributed by atoms with van der Waals surface area (Å²) in [4.78, 5) is 8.24. The van der Waals surface area contributed by atoms with Crippen molar-refractivity contribution >= 4 is 17.4 Å². The van der Waals surface area contributed by atoms with Crippen molar-refractivity contribution in [3.05, 3.63) is 17.6 Å². The molecule has 4 heteroatoms. The van der Waals surface area contributed by atoms with E-state index < -0.39 is 0 Å². The van der Waals surface area contributed by atoms with Crippen LogP contribution in [0.4, 0.5) is 5.82 Å². The Morgan fingerprint density at radius 3 is 2.83 bits per heavy atom. The maximum Gasteiger partial charge on any atom is 0.131 e. The van der Waals surface area contributed by atoms with Crippen LogP contribution >= 0.6 is 11.6 Å². The average molecular weight is 186 g/mol. The van der Waals surface area contributed by atoms with Crippen molar-refractivity contribution in [2.45, 2.75) is 25.6 Å². The molecule has 1 aromatic heterocycles. The molecule has 0 aliphatic carbocycles. The first-order chi connectivity index (χ1) is 5.77. The molecule has 1 rings (SSSR count). The number of hydrogen-bond donors (Lipinski definition) is 1. The topological polar surface area (TPSA) is 51.8 Å². The van der Waals surface area contributed by atoms with E-state index in [9.17, 15) is 0 Å². The van der Waals surface area contributed by atoms with Gasteiger partial charge in [-0.2, -0.15) is 0 Å². The van der Waals surface area contributed by atoms with E-state index in [1.807, 2.05) is 0 Å². The number of rotatable bonds is 3. The lowest BCUT2D eigenvalue weighted by Crippen LogP contribution is -2.02. The number of halogens is 1. The molecular weight excluding hydrogens is 174 g/mol. The van der Waals surface area contributed by atoms with Crippen molar-refractivity contribution in [2.75, 3.05) is 5.73 Å². The molecule has 66 valence electrons. The van der Waals surface area contributed by atoms with Crippen LogP contribution in [0.3, 0.4) is 0 Å². The number of alkyl halides is 1. The van der Waals surface area contributed by atoms with Crippen molar-refractivity contribution in [1.82, 2.24) is 9.97 Å². The first-order valence-corrected chi connectivity index (χ1v) is 4.47. The van der Waals surface area contributed by atoms with Crippen LogP contribution in [0.5, 0.6) is 0 Å². The molecule has 0 aliphatic heterocycles. The first-order valence-electron chi connectivity index (χ1n) is 3.94. The van der Waals surface area contributed by atoms with Gasteiger partial charge in [-0.05, 0) is 6.42 Å². The summed E-state index contributed by atoms with van der Waals surface area (Å²) in [6, 6.07) is 0. The van der Waals surface area contributed by atoms with Gasteiger partial charge in [-0.3, -0.25) is 0 Å². The van der Waals surface area contributed by atoms with Crippen molar-refractivity contribution < 1.29 is 0 Å². The third-order valence-corrected chi connectivity index (χ3v) is 1.85. The van der Waals surface area contributed by atoms with Gasteiger partial charge < -0.3 is 5.73 Å². The second-order valence-corrected chi connectivity index (χ2v) is 2.85. The zero-order valence-electron chi connectivity index (χ0n) is 7.05. The average Bonchev–Trinajstić information content (AvgIpc) is 2.05. The molecule has 0 saturated carbocycles. The second-order valence-electron chi connectivity index (χ2n) is 2.58. The Morgan fingerprint density at radius 1 is 1.58 bits per heavy atom. The van der Waals surface area contributed by atoms with Crippen LogP contribution in [0.1, 0.15) is 24.7 Å². The number of anilines is 1. The van der Waals surface area contributed by atoms with Crippen LogP contribution in [0.25, 0.3) is 0 Å². The largest absolute Gasteiger partial charge is 0.383 e. The zero-order valence-corrected chi connectivity index (χ0v) is 7.80. The van der Waals surface area contributed by atoms with Gasteiger partial charge in [0.15, 0.2) is 0 Å². The van der Waals surface area contributed by atoms with Crippen LogP contribution < -0.4 is 5.73 Å². The molecule has 0 saturated heterocycles. The van der Waals surface area contributed by atoms with Gasteiger partial charge in [0.2, 0.25) is 0 Å². The summed E-state index contributed by atoms with van der Waals surface area (Å²) in [5.41, 5.74) is 6.43. The highest BCUT2D eigenvalue weighted by Crippen LogP contribution is 2.10. The van der Waals surface area contributed by atoms with Crippen LogP contribution in [0.15, 0.2) is 6.20 Å². The van der Waals surface area contributed by atoms with E-state index >= 15 is 0 Å². The van der Waals surface area contributed by atoms with E-state index in [-0.39, 0.29) is 0 Å². The molecule has 3 nitrogen and oxygen atoms in total. The Morgan fingerprint density at radius 2 is 2.33 bits per heavy atom. The number of aryl methyl sites for hydroxylation is 1. The second kappa shape index (κ2) is 4.26. The monoisotopic (exact) mass is 185 g/mol. The van der Waals surface area contributed by atoms with Gasteiger partial charge in [0.1, 0.15) is 11.6 Å². The minimum absolute atomic E-state index is 0.373. The van der Waals surface area contributed by atoms with Crippen molar-refractivity contribution in [2.24, 2.45) is 0 Å². The Hall–Kier alpha value is -0.830. The zero-order chi connectivity index (χ0) is 8.97. The predicted octanol–water partition coefficient (Wildman–Crippen LogP) is 1.75. The summed E-state index contributed by atoms with van der Waals surface area (Å²) in [5, 5.41) is 0. The number of nitrogens with zero attached hydrogens (tertiary/aromatic N) is 2. The van der Waals surface area contributed by atoms with E-state index in [4.69, 9.17) is 17.3 Å². The summed E-state index contributed by atoms with van der Waals surface area (Å²) < 4.78 is 0. The third kappa shape index (κ3) is 2.08. The third-order valence-electron chi connectivity index (χ3n) is 1.57. The highest BCUT2D eigenvalue weighted by atomic mass is 35.5. The van der Waals surface area contributed by atoms with Crippen molar-refractivity contribution in [3.8, 4) is 0 Å². The lowest BCUT2D eigenvalue weighted by Gasteiger charge is -2.02. The molecule has 1 aromatic rings. The maximum atomic E-state index is 5.63. The minimum Gasteiger partial charge on any atom is -0.383 e. The fourth-order valence-corrected chi connectivity index (χ4v) is 1.11. The van der Waals surface area contributed by atoms with Gasteiger partial charge in [0.05, 0.1) is 5.88 Å². The van der Waals surface area contributed by atoms with Gasteiger partial charge in [-0.15, -0.1) is 11.6 Å². The Labute approximate surface area is 77.0 Å². The van der Waals surface area contributed by atoms with E-state index in [1.54, 1.807) is 6.20 Å². The highest BCUT2D eigenvalue weighted by molar-refractivity contribution is 6.17. The fraction of sp³-hybridized carbons (Fsp3) is 0.500. The van der Waals surface area contributed by atoms with E-state index in [2.05, 4.69) is 16.9 Å². The molecule has 1 heterocycles. The SMILES string of the molecule is CCCc1ncc(CCl)c(N)n1. The number of nitrogens with two attached hydrogens (primary N) is 1. The molecule has 0 fully saturated rings. The standard InChI is InChI=1S/C8H12ClN3/c1-2-3-7-11-5-6(4-9)8(10)12-7/h5H,2-4H2,1H3,(H2,10,11,12). The van der Waals surface area contributed by atoms with Crippen LogP contribution in [0.2, 0.25) is 0 Å². The fourth-order valence-electron chi connectivity index (χ4n) is 0.905. The quantitative estimate of drug-likeness (QED) is 0.730. The van der Waals surface area contributed by atoms with Gasteiger partial charge in [-0.1, -0.05) is 6.92 Å². The molecule has 0 amide bonds. The number of nitrogen functional groups attached to an aromatic ring is 1.